The van der Waals surface area contributed by atoms with Gasteiger partial charge in [-0.15, -0.1) is 0 Å². The Bertz CT molecular complexity index is 1420. The van der Waals surface area contributed by atoms with Gasteiger partial charge in [-0.05, 0) is 42.5 Å². The maximum atomic E-state index is 12.6. The molecule has 0 saturated carbocycles. The third kappa shape index (κ3) is 2.97. The number of fused-ring (bicyclic) bond motifs is 2. The lowest BCUT2D eigenvalue weighted by Gasteiger charge is -2.08. The van der Waals surface area contributed by atoms with Gasteiger partial charge in [0.15, 0.2) is 0 Å². The zero-order valence-corrected chi connectivity index (χ0v) is 15.7. The molecule has 29 heavy (non-hydrogen) atoms. The van der Waals surface area contributed by atoms with Gasteiger partial charge in [-0.25, -0.2) is 13.4 Å². The number of sulfonamides is 1. The van der Waals surface area contributed by atoms with E-state index in [2.05, 4.69) is 24.7 Å². The normalized spacial score (nSPS) is 11.9. The first-order valence-electron chi connectivity index (χ1n) is 8.74. The number of hydrogen-bond acceptors (Lipinski definition) is 5. The quantitative estimate of drug-likeness (QED) is 0.364. The van der Waals surface area contributed by atoms with Gasteiger partial charge in [0.2, 0.25) is 5.88 Å². The molecule has 4 N–H and O–H groups in total. The van der Waals surface area contributed by atoms with Crippen LogP contribution in [0.5, 0.6) is 5.88 Å². The number of para-hydroxylation sites is 2. The third-order valence-electron chi connectivity index (χ3n) is 4.60. The van der Waals surface area contributed by atoms with Crippen molar-refractivity contribution in [2.24, 2.45) is 0 Å². The lowest BCUT2D eigenvalue weighted by atomic mass is 10.1. The predicted molar refractivity (Wildman–Crippen MR) is 110 cm³/mol. The van der Waals surface area contributed by atoms with Crippen LogP contribution < -0.4 is 4.72 Å². The summed E-state index contributed by atoms with van der Waals surface area (Å²) < 4.78 is 27.7. The lowest BCUT2D eigenvalue weighted by molar-refractivity contribution is 0.460. The monoisotopic (exact) mass is 405 g/mol. The topological polar surface area (TPSA) is 124 Å². The second-order valence-electron chi connectivity index (χ2n) is 6.51. The Labute approximate surface area is 165 Å². The number of hydrogen-bond donors (Lipinski definition) is 4. The van der Waals surface area contributed by atoms with Crippen molar-refractivity contribution in [1.82, 2.24) is 19.9 Å². The van der Waals surface area contributed by atoms with E-state index in [4.69, 9.17) is 0 Å². The van der Waals surface area contributed by atoms with Crippen LogP contribution in [-0.4, -0.2) is 33.5 Å². The summed E-state index contributed by atoms with van der Waals surface area (Å²) in [6.45, 7) is 0. The fourth-order valence-corrected chi connectivity index (χ4v) is 4.28. The highest BCUT2D eigenvalue weighted by molar-refractivity contribution is 7.92. The van der Waals surface area contributed by atoms with Crippen LogP contribution in [0.3, 0.4) is 0 Å². The molecule has 0 radical (unpaired) electrons. The molecule has 8 nitrogen and oxygen atoms in total. The van der Waals surface area contributed by atoms with E-state index in [-0.39, 0.29) is 10.8 Å². The molecule has 0 aliphatic rings. The number of aromatic hydroxyl groups is 1. The Morgan fingerprint density at radius 1 is 0.966 bits per heavy atom. The number of aromatic amines is 2. The second kappa shape index (κ2) is 6.35. The van der Waals surface area contributed by atoms with Crippen molar-refractivity contribution in [1.29, 1.82) is 0 Å². The molecule has 0 unspecified atom stereocenters. The Balaban J connectivity index is 1.61. The highest BCUT2D eigenvalue weighted by atomic mass is 32.2. The van der Waals surface area contributed by atoms with Gasteiger partial charge in [-0.2, -0.15) is 0 Å². The summed E-state index contributed by atoms with van der Waals surface area (Å²) in [6, 6.07) is 15.5. The smallest absolute Gasteiger partial charge is 0.263 e. The summed E-state index contributed by atoms with van der Waals surface area (Å²) in [4.78, 5) is 14.5. The number of pyridine rings is 1. The van der Waals surface area contributed by atoms with Crippen LogP contribution in [0.15, 0.2) is 71.9 Å². The van der Waals surface area contributed by atoms with E-state index < -0.39 is 10.0 Å². The van der Waals surface area contributed by atoms with Crippen LogP contribution >= 0.6 is 0 Å². The van der Waals surface area contributed by atoms with Crippen LogP contribution in [0.2, 0.25) is 0 Å². The first-order chi connectivity index (χ1) is 14.0. The summed E-state index contributed by atoms with van der Waals surface area (Å²) in [6.07, 6.45) is 2.79. The van der Waals surface area contributed by atoms with Crippen LogP contribution in [0, 0.1) is 0 Å². The molecule has 0 amide bonds. The Kier molecular flexibility index (Phi) is 3.78. The van der Waals surface area contributed by atoms with Gasteiger partial charge in [0, 0.05) is 29.0 Å². The van der Waals surface area contributed by atoms with E-state index in [1.807, 2.05) is 24.3 Å². The molecule has 0 spiro atoms. The molecule has 3 heterocycles. The summed E-state index contributed by atoms with van der Waals surface area (Å²) in [7, 11) is -3.78. The fraction of sp³-hybridized carbons (Fsp3) is 0. The molecule has 0 fully saturated rings. The summed E-state index contributed by atoms with van der Waals surface area (Å²) in [5.41, 5.74) is 3.09. The largest absolute Gasteiger partial charge is 0.494 e. The molecule has 0 aliphatic carbocycles. The number of rotatable bonds is 4. The van der Waals surface area contributed by atoms with E-state index in [0.29, 0.717) is 28.0 Å². The first-order valence-corrected chi connectivity index (χ1v) is 10.2. The fourth-order valence-electron chi connectivity index (χ4n) is 3.27. The van der Waals surface area contributed by atoms with Crippen molar-refractivity contribution in [2.75, 3.05) is 4.72 Å². The van der Waals surface area contributed by atoms with Crippen LogP contribution in [0.4, 0.5) is 5.69 Å². The highest BCUT2D eigenvalue weighted by Crippen LogP contribution is 2.37. The van der Waals surface area contributed by atoms with E-state index >= 15 is 0 Å². The minimum absolute atomic E-state index is 0.0497. The van der Waals surface area contributed by atoms with Crippen molar-refractivity contribution in [3.05, 3.63) is 67.0 Å². The summed E-state index contributed by atoms with van der Waals surface area (Å²) >= 11 is 0. The van der Waals surface area contributed by atoms with Gasteiger partial charge < -0.3 is 15.1 Å². The van der Waals surface area contributed by atoms with Crippen molar-refractivity contribution in [3.8, 4) is 17.3 Å². The summed E-state index contributed by atoms with van der Waals surface area (Å²) in [5, 5.41) is 11.1. The predicted octanol–water partition coefficient (Wildman–Crippen LogP) is 3.61. The average molecular weight is 405 g/mol. The van der Waals surface area contributed by atoms with Gasteiger partial charge in [0.05, 0.1) is 16.6 Å². The molecule has 5 aromatic rings. The van der Waals surface area contributed by atoms with Gasteiger partial charge in [0.1, 0.15) is 10.7 Å². The Hall–Kier alpha value is -3.85. The molecular formula is C20H15N5O3S. The number of anilines is 1. The molecule has 9 heteroatoms. The molecule has 3 aromatic heterocycles. The van der Waals surface area contributed by atoms with E-state index in [1.54, 1.807) is 24.3 Å². The van der Waals surface area contributed by atoms with Crippen molar-refractivity contribution in [2.45, 2.75) is 4.90 Å². The van der Waals surface area contributed by atoms with E-state index in [1.165, 1.54) is 18.5 Å². The van der Waals surface area contributed by atoms with Crippen LogP contribution in [0.25, 0.3) is 33.3 Å². The Morgan fingerprint density at radius 3 is 2.62 bits per heavy atom. The standard InChI is InChI=1S/C20H15N5O3S/c26-20-18(19-22-16-5-1-2-6-17(16)23-19)14-10-12(7-8-15(14)24-20)25-29(27,28)13-4-3-9-21-11-13/h1-11,24-26H,(H,22,23). The minimum Gasteiger partial charge on any atom is -0.494 e. The maximum Gasteiger partial charge on any atom is 0.263 e. The number of aromatic nitrogens is 4. The number of nitrogens with one attached hydrogen (secondary N) is 3. The Morgan fingerprint density at radius 2 is 1.83 bits per heavy atom. The first kappa shape index (κ1) is 17.3. The molecule has 0 saturated heterocycles. The molecule has 2 aromatic carbocycles. The van der Waals surface area contributed by atoms with Gasteiger partial charge in [-0.1, -0.05) is 12.1 Å². The van der Waals surface area contributed by atoms with E-state index in [0.717, 1.165) is 11.0 Å². The molecule has 5 rings (SSSR count). The minimum atomic E-state index is -3.78. The molecule has 0 bridgehead atoms. The van der Waals surface area contributed by atoms with Crippen molar-refractivity contribution >= 4 is 37.6 Å². The molecule has 0 aliphatic heterocycles. The number of imidazole rings is 1. The summed E-state index contributed by atoms with van der Waals surface area (Å²) in [5.74, 6) is 0.438. The molecule has 144 valence electrons. The van der Waals surface area contributed by atoms with Crippen LogP contribution in [-0.2, 0) is 10.0 Å². The van der Waals surface area contributed by atoms with E-state index in [9.17, 15) is 13.5 Å². The molecule has 0 atom stereocenters. The van der Waals surface area contributed by atoms with Gasteiger partial charge in [-0.3, -0.25) is 9.71 Å². The zero-order valence-electron chi connectivity index (χ0n) is 14.9. The van der Waals surface area contributed by atoms with Crippen LogP contribution in [0.1, 0.15) is 0 Å². The average Bonchev–Trinajstić information content (AvgIpc) is 3.27. The van der Waals surface area contributed by atoms with Crippen molar-refractivity contribution < 1.29 is 13.5 Å². The third-order valence-corrected chi connectivity index (χ3v) is 5.97. The SMILES string of the molecule is O=S(=O)(Nc1ccc2[nH]c(O)c(-c3nc4ccccc4[nH]3)c2c1)c1cccnc1. The number of benzene rings is 2. The molecular weight excluding hydrogens is 390 g/mol. The van der Waals surface area contributed by atoms with Gasteiger partial charge in [0.25, 0.3) is 10.0 Å². The van der Waals surface area contributed by atoms with Crippen molar-refractivity contribution in [3.63, 3.8) is 0 Å². The number of H-pyrrole nitrogens is 2. The highest BCUT2D eigenvalue weighted by Gasteiger charge is 2.19. The van der Waals surface area contributed by atoms with Gasteiger partial charge >= 0.3 is 0 Å². The maximum absolute atomic E-state index is 12.6. The number of nitrogens with zero attached hydrogens (tertiary/aromatic N) is 2. The lowest BCUT2D eigenvalue weighted by Crippen LogP contribution is -2.12. The zero-order chi connectivity index (χ0) is 20.0. The second-order valence-corrected chi connectivity index (χ2v) is 8.19.